The molecule has 0 aliphatic rings. The van der Waals surface area contributed by atoms with E-state index in [0.29, 0.717) is 17.2 Å². The summed E-state index contributed by atoms with van der Waals surface area (Å²) in [4.78, 5) is 3.94. The number of aliphatic hydroxyl groups excluding tert-OH is 1. The van der Waals surface area contributed by atoms with Gasteiger partial charge in [0.05, 0.1) is 5.71 Å². The first-order valence-corrected chi connectivity index (χ1v) is 8.05. The molecule has 1 unspecified atom stereocenters. The molecule has 0 saturated heterocycles. The summed E-state index contributed by atoms with van der Waals surface area (Å²) in [7, 11) is 0. The molecular formula is C21H15F3N2O. The van der Waals surface area contributed by atoms with Gasteiger partial charge in [0.15, 0.2) is 0 Å². The third kappa shape index (κ3) is 4.30. The standard InChI is InChI=1S/C21H15F3N2O/c22-15-5-3-13(4-6-15)10-18(21(27)14-2-1-9-26-12-14)20(25)17-8-7-16(23)11-19(17)24/h1-12,21,25,27H. The lowest BCUT2D eigenvalue weighted by atomic mass is 9.92. The van der Waals surface area contributed by atoms with Gasteiger partial charge in [-0.25, -0.2) is 13.2 Å². The second-order valence-electron chi connectivity index (χ2n) is 5.84. The molecule has 1 atom stereocenters. The van der Waals surface area contributed by atoms with E-state index in [4.69, 9.17) is 5.41 Å². The summed E-state index contributed by atoms with van der Waals surface area (Å²) in [6.07, 6.45) is 3.14. The summed E-state index contributed by atoms with van der Waals surface area (Å²) in [5.74, 6) is -2.11. The molecule has 0 fully saturated rings. The normalized spacial score (nSPS) is 12.7. The summed E-state index contributed by atoms with van der Waals surface area (Å²) < 4.78 is 40.5. The van der Waals surface area contributed by atoms with Gasteiger partial charge in [-0.1, -0.05) is 18.2 Å². The molecule has 27 heavy (non-hydrogen) atoms. The smallest absolute Gasteiger partial charge is 0.135 e. The topological polar surface area (TPSA) is 57.0 Å². The van der Waals surface area contributed by atoms with Crippen molar-refractivity contribution in [3.8, 4) is 0 Å². The Morgan fingerprint density at radius 1 is 1.00 bits per heavy atom. The highest BCUT2D eigenvalue weighted by Gasteiger charge is 2.21. The Hall–Kier alpha value is -3.25. The Morgan fingerprint density at radius 3 is 2.33 bits per heavy atom. The molecular weight excluding hydrogens is 353 g/mol. The Labute approximate surface area is 154 Å². The minimum Gasteiger partial charge on any atom is -0.384 e. The fourth-order valence-corrected chi connectivity index (χ4v) is 2.59. The van der Waals surface area contributed by atoms with Gasteiger partial charge < -0.3 is 5.11 Å². The molecule has 2 N–H and O–H groups in total. The largest absolute Gasteiger partial charge is 0.384 e. The fraction of sp³-hybridized carbons (Fsp3) is 0.0476. The number of hydrogen-bond acceptors (Lipinski definition) is 3. The quantitative estimate of drug-likeness (QED) is 0.642. The van der Waals surface area contributed by atoms with E-state index in [1.54, 1.807) is 12.1 Å². The molecule has 3 aromatic rings. The van der Waals surface area contributed by atoms with E-state index < -0.39 is 23.6 Å². The van der Waals surface area contributed by atoms with Crippen LogP contribution in [0, 0.1) is 22.9 Å². The predicted molar refractivity (Wildman–Crippen MR) is 96.8 cm³/mol. The third-order valence-electron chi connectivity index (χ3n) is 3.98. The molecule has 0 radical (unpaired) electrons. The first kappa shape index (κ1) is 18.5. The minimum atomic E-state index is -1.28. The maximum atomic E-state index is 14.2. The van der Waals surface area contributed by atoms with Gasteiger partial charge in [0.25, 0.3) is 0 Å². The average Bonchev–Trinajstić information content (AvgIpc) is 2.67. The number of rotatable bonds is 5. The molecule has 3 rings (SSSR count). The number of aliphatic hydroxyl groups is 1. The Bertz CT molecular complexity index is 986. The summed E-state index contributed by atoms with van der Waals surface area (Å²) in [6.45, 7) is 0. The van der Waals surface area contributed by atoms with Crippen LogP contribution in [-0.2, 0) is 0 Å². The van der Waals surface area contributed by atoms with Crippen molar-refractivity contribution >= 4 is 11.8 Å². The average molecular weight is 368 g/mol. The van der Waals surface area contributed by atoms with Gasteiger partial charge in [0, 0.05) is 35.2 Å². The molecule has 0 aliphatic heterocycles. The van der Waals surface area contributed by atoms with Crippen molar-refractivity contribution in [1.29, 1.82) is 5.41 Å². The van der Waals surface area contributed by atoms with Gasteiger partial charge in [-0.2, -0.15) is 0 Å². The van der Waals surface area contributed by atoms with Crippen LogP contribution in [0.2, 0.25) is 0 Å². The van der Waals surface area contributed by atoms with Gasteiger partial charge in [-0.05, 0) is 42.0 Å². The third-order valence-corrected chi connectivity index (χ3v) is 3.98. The van der Waals surface area contributed by atoms with Crippen LogP contribution in [0.25, 0.3) is 6.08 Å². The maximum Gasteiger partial charge on any atom is 0.135 e. The van der Waals surface area contributed by atoms with Crippen molar-refractivity contribution in [2.75, 3.05) is 0 Å². The molecule has 0 amide bonds. The lowest BCUT2D eigenvalue weighted by molar-refractivity contribution is 0.222. The van der Waals surface area contributed by atoms with E-state index in [1.165, 1.54) is 42.7 Å². The molecule has 1 heterocycles. The molecule has 0 aliphatic carbocycles. The first-order chi connectivity index (χ1) is 13.0. The van der Waals surface area contributed by atoms with Crippen LogP contribution >= 0.6 is 0 Å². The van der Waals surface area contributed by atoms with Crippen molar-refractivity contribution in [1.82, 2.24) is 4.98 Å². The van der Waals surface area contributed by atoms with Crippen LogP contribution in [0.3, 0.4) is 0 Å². The van der Waals surface area contributed by atoms with Crippen molar-refractivity contribution in [2.45, 2.75) is 6.10 Å². The number of nitrogens with one attached hydrogen (secondary N) is 1. The summed E-state index contributed by atoms with van der Waals surface area (Å²) in [6, 6.07) is 11.5. The van der Waals surface area contributed by atoms with Gasteiger partial charge in [0.1, 0.15) is 23.6 Å². The maximum absolute atomic E-state index is 14.2. The van der Waals surface area contributed by atoms with E-state index in [9.17, 15) is 18.3 Å². The molecule has 0 spiro atoms. The second-order valence-corrected chi connectivity index (χ2v) is 5.84. The fourth-order valence-electron chi connectivity index (χ4n) is 2.59. The van der Waals surface area contributed by atoms with E-state index in [1.807, 2.05) is 0 Å². The molecule has 6 heteroatoms. The van der Waals surface area contributed by atoms with Crippen molar-refractivity contribution in [3.05, 3.63) is 107 Å². The van der Waals surface area contributed by atoms with Crippen molar-refractivity contribution < 1.29 is 18.3 Å². The minimum absolute atomic E-state index is 0.0696. The highest BCUT2D eigenvalue weighted by Crippen LogP contribution is 2.27. The number of hydrogen-bond donors (Lipinski definition) is 2. The van der Waals surface area contributed by atoms with Crippen LogP contribution in [0.1, 0.15) is 22.8 Å². The van der Waals surface area contributed by atoms with Crippen LogP contribution in [0.4, 0.5) is 13.2 Å². The van der Waals surface area contributed by atoms with Gasteiger partial charge in [-0.15, -0.1) is 0 Å². The zero-order valence-electron chi connectivity index (χ0n) is 14.0. The second kappa shape index (κ2) is 7.97. The monoisotopic (exact) mass is 368 g/mol. The van der Waals surface area contributed by atoms with Crippen LogP contribution < -0.4 is 0 Å². The van der Waals surface area contributed by atoms with Crippen LogP contribution in [0.15, 0.2) is 72.6 Å². The van der Waals surface area contributed by atoms with E-state index in [0.717, 1.165) is 12.1 Å². The van der Waals surface area contributed by atoms with E-state index in [2.05, 4.69) is 4.98 Å². The molecule has 1 aromatic heterocycles. The van der Waals surface area contributed by atoms with Gasteiger partial charge in [0.2, 0.25) is 0 Å². The summed E-state index contributed by atoms with van der Waals surface area (Å²) in [5, 5.41) is 19.1. The zero-order chi connectivity index (χ0) is 19.4. The van der Waals surface area contributed by atoms with Crippen LogP contribution in [0.5, 0.6) is 0 Å². The number of benzene rings is 2. The lowest BCUT2D eigenvalue weighted by Gasteiger charge is -2.17. The van der Waals surface area contributed by atoms with Gasteiger partial charge in [-0.3, -0.25) is 10.4 Å². The molecule has 3 nitrogen and oxygen atoms in total. The SMILES string of the molecule is N=C(C(=Cc1ccc(F)cc1)C(O)c1cccnc1)c1ccc(F)cc1F. The number of halogens is 3. The number of aromatic nitrogens is 1. The predicted octanol–water partition coefficient (Wildman–Crippen LogP) is 4.68. The summed E-state index contributed by atoms with van der Waals surface area (Å²) in [5.41, 5.74) is 0.515. The van der Waals surface area contributed by atoms with Crippen molar-refractivity contribution in [2.24, 2.45) is 0 Å². The Balaban J connectivity index is 2.09. The number of pyridine rings is 1. The molecule has 136 valence electrons. The summed E-state index contributed by atoms with van der Waals surface area (Å²) >= 11 is 0. The van der Waals surface area contributed by atoms with Crippen LogP contribution in [-0.4, -0.2) is 15.8 Å². The van der Waals surface area contributed by atoms with Crippen molar-refractivity contribution in [3.63, 3.8) is 0 Å². The molecule has 2 aromatic carbocycles. The Kier molecular flexibility index (Phi) is 5.47. The molecule has 0 bridgehead atoms. The molecule has 0 saturated carbocycles. The van der Waals surface area contributed by atoms with Gasteiger partial charge >= 0.3 is 0 Å². The highest BCUT2D eigenvalue weighted by atomic mass is 19.1. The van der Waals surface area contributed by atoms with E-state index in [-0.39, 0.29) is 16.8 Å². The first-order valence-electron chi connectivity index (χ1n) is 8.05. The Morgan fingerprint density at radius 2 is 1.70 bits per heavy atom. The van der Waals surface area contributed by atoms with E-state index >= 15 is 0 Å². The highest BCUT2D eigenvalue weighted by molar-refractivity contribution is 6.13. The lowest BCUT2D eigenvalue weighted by Crippen LogP contribution is -2.14. The number of nitrogens with zero attached hydrogens (tertiary/aromatic N) is 1. The zero-order valence-corrected chi connectivity index (χ0v) is 14.0.